The van der Waals surface area contributed by atoms with Crippen LogP contribution in [0.3, 0.4) is 0 Å². The minimum Gasteiger partial charge on any atom is -0.366 e. The van der Waals surface area contributed by atoms with E-state index in [4.69, 9.17) is 5.73 Å². The lowest BCUT2D eigenvalue weighted by molar-refractivity contribution is 0.100. The molecule has 0 unspecified atom stereocenters. The number of primary amides is 1. The van der Waals surface area contributed by atoms with Crippen molar-refractivity contribution in [1.82, 2.24) is 0 Å². The molecule has 2 N–H and O–H groups in total. The van der Waals surface area contributed by atoms with E-state index in [-0.39, 0.29) is 5.91 Å². The summed E-state index contributed by atoms with van der Waals surface area (Å²) >= 11 is 0. The Kier molecular flexibility index (Phi) is 4.67. The molecule has 0 saturated heterocycles. The average Bonchev–Trinajstić information content (AvgIpc) is 2.33. The maximum Gasteiger partial charge on any atom is 0.248 e. The maximum atomic E-state index is 10.4. The van der Waals surface area contributed by atoms with Gasteiger partial charge >= 0.3 is 0 Å². The normalized spacial score (nSPS) is 8.53. The summed E-state index contributed by atoms with van der Waals surface area (Å²) in [5, 5.41) is 0. The maximum absolute atomic E-state index is 10.4. The standard InChI is InChI=1S/C7H7NO.C6H6/c8-7(9)6-4-2-1-3-5-6;1-2-4-6-5-3-1/h1-5H,(H2,8,9);1-6H. The van der Waals surface area contributed by atoms with Gasteiger partial charge in [0, 0.05) is 5.56 Å². The molecule has 0 spiro atoms. The Morgan fingerprint density at radius 2 is 1.07 bits per heavy atom. The molecule has 2 aromatic carbocycles. The molecule has 1 amide bonds. The van der Waals surface area contributed by atoms with Crippen LogP contribution >= 0.6 is 0 Å². The highest BCUT2D eigenvalue weighted by Gasteiger charge is 1.93. The number of carbonyl (C=O) groups excluding carboxylic acids is 1. The molecule has 2 rings (SSSR count). The number of rotatable bonds is 1. The van der Waals surface area contributed by atoms with Gasteiger partial charge in [-0.3, -0.25) is 4.79 Å². The Hall–Kier alpha value is -2.09. The Bertz CT molecular complexity index is 357. The summed E-state index contributed by atoms with van der Waals surface area (Å²) in [5.74, 6) is -0.379. The van der Waals surface area contributed by atoms with Crippen molar-refractivity contribution in [1.29, 1.82) is 0 Å². The van der Waals surface area contributed by atoms with E-state index in [9.17, 15) is 4.79 Å². The van der Waals surface area contributed by atoms with Gasteiger partial charge in [0.05, 0.1) is 0 Å². The molecule has 0 heterocycles. The van der Waals surface area contributed by atoms with Crippen molar-refractivity contribution in [2.24, 2.45) is 5.73 Å². The first-order valence-electron chi connectivity index (χ1n) is 4.65. The van der Waals surface area contributed by atoms with Crippen LogP contribution in [0.15, 0.2) is 66.7 Å². The Labute approximate surface area is 89.4 Å². The van der Waals surface area contributed by atoms with Gasteiger partial charge in [-0.05, 0) is 12.1 Å². The number of carbonyl (C=O) groups is 1. The molecule has 0 aliphatic heterocycles. The molecule has 0 radical (unpaired) electrons. The summed E-state index contributed by atoms with van der Waals surface area (Å²) in [5.41, 5.74) is 5.53. The number of benzene rings is 2. The highest BCUT2D eigenvalue weighted by molar-refractivity contribution is 5.92. The summed E-state index contributed by atoms with van der Waals surface area (Å²) in [6.45, 7) is 0. The van der Waals surface area contributed by atoms with E-state index in [0.717, 1.165) is 0 Å². The van der Waals surface area contributed by atoms with Gasteiger partial charge in [-0.1, -0.05) is 54.6 Å². The predicted molar refractivity (Wildman–Crippen MR) is 61.4 cm³/mol. The Morgan fingerprint density at radius 3 is 1.33 bits per heavy atom. The topological polar surface area (TPSA) is 43.1 Å². The zero-order valence-electron chi connectivity index (χ0n) is 8.34. The molecule has 0 atom stereocenters. The summed E-state index contributed by atoms with van der Waals surface area (Å²) < 4.78 is 0. The van der Waals surface area contributed by atoms with E-state index in [1.807, 2.05) is 42.5 Å². The Morgan fingerprint density at radius 1 is 0.733 bits per heavy atom. The van der Waals surface area contributed by atoms with Gasteiger partial charge in [0.15, 0.2) is 0 Å². The fourth-order valence-corrected chi connectivity index (χ4v) is 0.987. The van der Waals surface area contributed by atoms with Gasteiger partial charge < -0.3 is 5.73 Å². The summed E-state index contributed by atoms with van der Waals surface area (Å²) in [6, 6.07) is 20.8. The molecule has 0 saturated carbocycles. The van der Waals surface area contributed by atoms with Crippen molar-refractivity contribution in [3.05, 3.63) is 72.3 Å². The van der Waals surface area contributed by atoms with Gasteiger partial charge in [-0.2, -0.15) is 0 Å². The van der Waals surface area contributed by atoms with Crippen LogP contribution in [0.4, 0.5) is 0 Å². The van der Waals surface area contributed by atoms with E-state index in [2.05, 4.69) is 0 Å². The zero-order valence-corrected chi connectivity index (χ0v) is 8.34. The highest BCUT2D eigenvalue weighted by atomic mass is 16.1. The van der Waals surface area contributed by atoms with Gasteiger partial charge in [-0.25, -0.2) is 0 Å². The SMILES string of the molecule is NC(=O)c1ccccc1.c1ccccc1. The third kappa shape index (κ3) is 4.62. The van der Waals surface area contributed by atoms with E-state index in [1.54, 1.807) is 24.3 Å². The lowest BCUT2D eigenvalue weighted by atomic mass is 10.2. The number of amides is 1. The molecule has 0 aliphatic carbocycles. The van der Waals surface area contributed by atoms with Gasteiger partial charge in [0.1, 0.15) is 0 Å². The Balaban J connectivity index is 0.000000162. The van der Waals surface area contributed by atoms with Crippen molar-refractivity contribution in [2.45, 2.75) is 0 Å². The van der Waals surface area contributed by atoms with Crippen LogP contribution in [0.25, 0.3) is 0 Å². The molecule has 0 aromatic heterocycles. The van der Waals surface area contributed by atoms with Crippen LogP contribution < -0.4 is 5.73 Å². The zero-order chi connectivity index (χ0) is 10.9. The molecule has 76 valence electrons. The molecule has 0 bridgehead atoms. The lowest BCUT2D eigenvalue weighted by Crippen LogP contribution is -2.09. The molecule has 0 aliphatic rings. The van der Waals surface area contributed by atoms with Gasteiger partial charge in [0.25, 0.3) is 0 Å². The predicted octanol–water partition coefficient (Wildman–Crippen LogP) is 2.47. The van der Waals surface area contributed by atoms with Crippen LogP contribution in [0.1, 0.15) is 10.4 Å². The monoisotopic (exact) mass is 199 g/mol. The van der Waals surface area contributed by atoms with Gasteiger partial charge in [-0.15, -0.1) is 0 Å². The molecule has 15 heavy (non-hydrogen) atoms. The van der Waals surface area contributed by atoms with E-state index >= 15 is 0 Å². The fraction of sp³-hybridized carbons (Fsp3) is 0. The lowest BCUT2D eigenvalue weighted by Gasteiger charge is -1.89. The van der Waals surface area contributed by atoms with Gasteiger partial charge in [0.2, 0.25) is 5.91 Å². The summed E-state index contributed by atoms with van der Waals surface area (Å²) in [4.78, 5) is 10.4. The minimum absolute atomic E-state index is 0.379. The third-order valence-corrected chi connectivity index (χ3v) is 1.72. The quantitative estimate of drug-likeness (QED) is 0.753. The molecule has 2 nitrogen and oxygen atoms in total. The molecule has 0 fully saturated rings. The van der Waals surface area contributed by atoms with E-state index in [1.165, 1.54) is 0 Å². The van der Waals surface area contributed by atoms with E-state index < -0.39 is 0 Å². The first-order chi connectivity index (χ1) is 7.30. The molecular weight excluding hydrogens is 186 g/mol. The minimum atomic E-state index is -0.379. The van der Waals surface area contributed by atoms with Crippen molar-refractivity contribution in [3.63, 3.8) is 0 Å². The van der Waals surface area contributed by atoms with Crippen LogP contribution in [0.2, 0.25) is 0 Å². The molecule has 2 heteroatoms. The smallest absolute Gasteiger partial charge is 0.248 e. The van der Waals surface area contributed by atoms with Crippen LogP contribution in [-0.4, -0.2) is 5.91 Å². The number of hydrogen-bond donors (Lipinski definition) is 1. The fourth-order valence-electron chi connectivity index (χ4n) is 0.987. The number of nitrogens with two attached hydrogens (primary N) is 1. The second-order valence-electron chi connectivity index (χ2n) is 2.88. The summed E-state index contributed by atoms with van der Waals surface area (Å²) in [7, 11) is 0. The van der Waals surface area contributed by atoms with Crippen molar-refractivity contribution in [2.75, 3.05) is 0 Å². The van der Waals surface area contributed by atoms with Crippen LogP contribution in [-0.2, 0) is 0 Å². The average molecular weight is 199 g/mol. The second-order valence-corrected chi connectivity index (χ2v) is 2.88. The first-order valence-corrected chi connectivity index (χ1v) is 4.65. The second kappa shape index (κ2) is 6.38. The molecule has 2 aromatic rings. The number of hydrogen-bond acceptors (Lipinski definition) is 1. The highest BCUT2D eigenvalue weighted by Crippen LogP contribution is 1.94. The first kappa shape index (κ1) is 11.0. The van der Waals surface area contributed by atoms with Crippen LogP contribution in [0, 0.1) is 0 Å². The van der Waals surface area contributed by atoms with Crippen molar-refractivity contribution < 1.29 is 4.79 Å². The summed E-state index contributed by atoms with van der Waals surface area (Å²) in [6.07, 6.45) is 0. The van der Waals surface area contributed by atoms with Crippen molar-refractivity contribution >= 4 is 5.91 Å². The largest absolute Gasteiger partial charge is 0.366 e. The van der Waals surface area contributed by atoms with E-state index in [0.29, 0.717) is 5.56 Å². The van der Waals surface area contributed by atoms with Crippen molar-refractivity contribution in [3.8, 4) is 0 Å². The van der Waals surface area contributed by atoms with Crippen LogP contribution in [0.5, 0.6) is 0 Å². The third-order valence-electron chi connectivity index (χ3n) is 1.72. The molecular formula is C13H13NO.